The largest absolute Gasteiger partial charge is 0.480 e. The van der Waals surface area contributed by atoms with Crippen molar-refractivity contribution in [2.45, 2.75) is 341 Å². The molecule has 66 heavy (non-hydrogen) atoms. The minimum Gasteiger partial charge on any atom is -0.480 e. The number of unbranched alkanes of at least 4 members (excludes halogenated alkanes) is 42. The first kappa shape index (κ1) is 64.8. The van der Waals surface area contributed by atoms with E-state index in [1.54, 1.807) is 0 Å². The fraction of sp³-hybridized carbons (Fsp3) is 0.932. The van der Waals surface area contributed by atoms with E-state index in [9.17, 15) is 19.8 Å². The van der Waals surface area contributed by atoms with Gasteiger partial charge in [-0.3, -0.25) is 4.79 Å². The summed E-state index contributed by atoms with van der Waals surface area (Å²) in [6.07, 6.45) is 64.7. The summed E-state index contributed by atoms with van der Waals surface area (Å²) >= 11 is 1.43. The molecule has 1 aliphatic rings. The highest BCUT2D eigenvalue weighted by atomic mass is 32.2. The zero-order valence-electron chi connectivity index (χ0n) is 44.6. The van der Waals surface area contributed by atoms with Gasteiger partial charge in [0, 0.05) is 24.3 Å². The molecule has 1 amide bonds. The summed E-state index contributed by atoms with van der Waals surface area (Å²) in [5, 5.41) is 22.6. The van der Waals surface area contributed by atoms with Crippen LogP contribution in [0, 0.1) is 0 Å². The van der Waals surface area contributed by atoms with E-state index in [4.69, 9.17) is 4.74 Å². The number of carbonyl (C=O) groups excluding carboxylic acids is 1. The summed E-state index contributed by atoms with van der Waals surface area (Å²) < 4.78 is 5.02. The SMILES string of the molecule is CCCCCCCCCCCCCCCCCCC(O)CSC[C@H](NC(=O)CCCCCCCCCCCCCCC)C(=O)O.CCCCCCCCCCCCCCCCCCC1=CO1. The summed E-state index contributed by atoms with van der Waals surface area (Å²) in [5.41, 5.74) is 0. The molecule has 0 saturated carbocycles. The van der Waals surface area contributed by atoms with E-state index < -0.39 is 18.1 Å². The average molecular weight is 951 g/mol. The molecule has 0 aliphatic carbocycles. The van der Waals surface area contributed by atoms with Gasteiger partial charge >= 0.3 is 5.97 Å². The van der Waals surface area contributed by atoms with E-state index in [1.165, 1.54) is 281 Å². The van der Waals surface area contributed by atoms with E-state index >= 15 is 0 Å². The van der Waals surface area contributed by atoms with Crippen LogP contribution in [0.2, 0.25) is 0 Å². The first-order chi connectivity index (χ1) is 32.4. The number of carboxylic acid groups (broad SMARTS) is 1. The maximum atomic E-state index is 12.3. The molecule has 392 valence electrons. The summed E-state index contributed by atoms with van der Waals surface area (Å²) in [5.74, 6) is 0.890. The number of thioether (sulfide) groups is 1. The van der Waals surface area contributed by atoms with Gasteiger partial charge in [-0.25, -0.2) is 4.79 Å². The Labute approximate surface area is 416 Å². The lowest BCUT2D eigenvalue weighted by Gasteiger charge is -2.16. The van der Waals surface area contributed by atoms with Crippen molar-refractivity contribution < 1.29 is 24.5 Å². The molecule has 0 radical (unpaired) electrons. The maximum Gasteiger partial charge on any atom is 0.327 e. The standard InChI is InChI=1S/C39H77NO4S.C20H38O/c1-3-5-7-9-11-13-15-17-18-19-21-22-24-26-28-30-32-36(41)34-45-35-37(39(43)44)40-38(42)33-31-29-27-25-23-20-16-14-12-10-8-6-4-2;1-2-3-4-5-6-7-8-9-10-11-12-13-14-15-16-17-18-20-19-21-20/h36-37,41H,3-35H2,1-2H3,(H,40,42)(H,43,44);19H,2-18H2,1H3/t36?,37-;/m0./s1. The van der Waals surface area contributed by atoms with Gasteiger partial charge in [0.2, 0.25) is 5.91 Å². The Bertz CT molecular complexity index is 1020. The van der Waals surface area contributed by atoms with Gasteiger partial charge in [-0.2, -0.15) is 11.8 Å². The van der Waals surface area contributed by atoms with E-state index in [2.05, 4.69) is 26.1 Å². The van der Waals surface area contributed by atoms with E-state index in [-0.39, 0.29) is 5.91 Å². The van der Waals surface area contributed by atoms with Crippen LogP contribution in [0.1, 0.15) is 329 Å². The number of hydrogen-bond donors (Lipinski definition) is 3. The van der Waals surface area contributed by atoms with E-state index in [1.807, 2.05) is 6.26 Å². The second kappa shape index (κ2) is 54.7. The number of aliphatic hydroxyl groups is 1. The number of rotatable bonds is 54. The number of nitrogens with one attached hydrogen (secondary N) is 1. The third kappa shape index (κ3) is 53.7. The number of allylic oxidation sites excluding steroid dienone is 1. The zero-order valence-corrected chi connectivity index (χ0v) is 45.4. The molecule has 0 spiro atoms. The summed E-state index contributed by atoms with van der Waals surface area (Å²) in [6, 6.07) is -0.882. The molecular weight excluding hydrogens is 835 g/mol. The Balaban J connectivity index is 0.00000167. The molecule has 1 heterocycles. The smallest absolute Gasteiger partial charge is 0.327 e. The van der Waals surface area contributed by atoms with Gasteiger partial charge in [-0.15, -0.1) is 0 Å². The van der Waals surface area contributed by atoms with Gasteiger partial charge in [0.25, 0.3) is 0 Å². The Morgan fingerprint density at radius 3 is 1.05 bits per heavy atom. The predicted octanol–water partition coefficient (Wildman–Crippen LogP) is 19.3. The highest BCUT2D eigenvalue weighted by Gasteiger charge is 2.20. The lowest BCUT2D eigenvalue weighted by molar-refractivity contribution is -0.141. The van der Waals surface area contributed by atoms with Crippen molar-refractivity contribution >= 4 is 23.6 Å². The summed E-state index contributed by atoms with van der Waals surface area (Å²) in [6.45, 7) is 6.83. The number of carboxylic acids is 1. The first-order valence-electron chi connectivity index (χ1n) is 29.6. The molecule has 1 aliphatic heterocycles. The molecule has 0 saturated heterocycles. The molecule has 6 nitrogen and oxygen atoms in total. The van der Waals surface area contributed by atoms with Crippen LogP contribution in [0.5, 0.6) is 0 Å². The van der Waals surface area contributed by atoms with Crippen molar-refractivity contribution in [3.8, 4) is 0 Å². The van der Waals surface area contributed by atoms with Crippen LogP contribution < -0.4 is 5.32 Å². The van der Waals surface area contributed by atoms with Crippen LogP contribution in [0.15, 0.2) is 12.0 Å². The quantitative estimate of drug-likeness (QED) is 0.0525. The van der Waals surface area contributed by atoms with Gasteiger partial charge in [0.05, 0.1) is 6.10 Å². The Morgan fingerprint density at radius 2 is 0.742 bits per heavy atom. The van der Waals surface area contributed by atoms with Crippen LogP contribution in [0.3, 0.4) is 0 Å². The molecular formula is C59H115NO5S. The normalized spacial score (nSPS) is 12.9. The minimum absolute atomic E-state index is 0.167. The fourth-order valence-corrected chi connectivity index (χ4v) is 10.1. The monoisotopic (exact) mass is 950 g/mol. The second-order valence-corrected chi connectivity index (χ2v) is 21.6. The number of aliphatic carboxylic acids is 1. The third-order valence-electron chi connectivity index (χ3n) is 13.7. The molecule has 0 fully saturated rings. The molecule has 7 heteroatoms. The molecule has 1 rings (SSSR count). The summed E-state index contributed by atoms with van der Waals surface area (Å²) in [7, 11) is 0. The number of ether oxygens (including phenoxy) is 1. The van der Waals surface area contributed by atoms with Gasteiger partial charge < -0.3 is 20.3 Å². The van der Waals surface area contributed by atoms with E-state index in [0.717, 1.165) is 38.5 Å². The van der Waals surface area contributed by atoms with Gasteiger partial charge in [0.1, 0.15) is 18.1 Å². The van der Waals surface area contributed by atoms with E-state index in [0.29, 0.717) is 17.9 Å². The molecule has 2 atom stereocenters. The van der Waals surface area contributed by atoms with Crippen molar-refractivity contribution in [1.82, 2.24) is 5.32 Å². The molecule has 3 N–H and O–H groups in total. The number of carbonyl (C=O) groups is 2. The van der Waals surface area contributed by atoms with Crippen molar-refractivity contribution in [3.63, 3.8) is 0 Å². The number of aliphatic hydroxyl groups excluding tert-OH is 1. The Morgan fingerprint density at radius 1 is 0.455 bits per heavy atom. The van der Waals surface area contributed by atoms with Gasteiger partial charge in [-0.1, -0.05) is 297 Å². The number of hydrogen-bond acceptors (Lipinski definition) is 5. The highest BCUT2D eigenvalue weighted by molar-refractivity contribution is 7.99. The molecule has 0 aromatic rings. The Kier molecular flexibility index (Phi) is 53.7. The molecule has 0 bridgehead atoms. The van der Waals surface area contributed by atoms with Crippen LogP contribution in [-0.2, 0) is 14.3 Å². The van der Waals surface area contributed by atoms with Crippen molar-refractivity contribution in [3.05, 3.63) is 12.0 Å². The third-order valence-corrected chi connectivity index (χ3v) is 14.9. The maximum absolute atomic E-state index is 12.3. The first-order valence-corrected chi connectivity index (χ1v) is 30.7. The van der Waals surface area contributed by atoms with Crippen LogP contribution in [0.25, 0.3) is 0 Å². The van der Waals surface area contributed by atoms with Crippen LogP contribution >= 0.6 is 11.8 Å². The molecule has 1 unspecified atom stereocenters. The van der Waals surface area contributed by atoms with Gasteiger partial charge in [-0.05, 0) is 19.3 Å². The fourth-order valence-electron chi connectivity index (χ4n) is 9.08. The minimum atomic E-state index is -0.992. The second-order valence-electron chi connectivity index (χ2n) is 20.5. The van der Waals surface area contributed by atoms with Gasteiger partial charge in [0.15, 0.2) is 0 Å². The average Bonchev–Trinajstić information content (AvgIpc) is 4.15. The van der Waals surface area contributed by atoms with Crippen LogP contribution in [-0.4, -0.2) is 45.7 Å². The lowest BCUT2D eigenvalue weighted by Crippen LogP contribution is -2.42. The summed E-state index contributed by atoms with van der Waals surface area (Å²) in [4.78, 5) is 23.9. The van der Waals surface area contributed by atoms with Crippen molar-refractivity contribution in [2.24, 2.45) is 0 Å². The number of amides is 1. The zero-order chi connectivity index (χ0) is 48.1. The Hall–Kier alpha value is -1.21. The predicted molar refractivity (Wildman–Crippen MR) is 291 cm³/mol. The molecule has 0 aromatic heterocycles. The highest BCUT2D eigenvalue weighted by Crippen LogP contribution is 2.22. The lowest BCUT2D eigenvalue weighted by atomic mass is 10.0. The topological polar surface area (TPSA) is 99.2 Å². The van der Waals surface area contributed by atoms with Crippen molar-refractivity contribution in [1.29, 1.82) is 0 Å². The van der Waals surface area contributed by atoms with Crippen LogP contribution in [0.4, 0.5) is 0 Å². The van der Waals surface area contributed by atoms with Crippen molar-refractivity contribution in [2.75, 3.05) is 11.5 Å². The molecule has 0 aromatic carbocycles.